The molecule has 0 aliphatic carbocycles. The maximum absolute atomic E-state index is 5.98. The van der Waals surface area contributed by atoms with Gasteiger partial charge < -0.3 is 43.6 Å². The Bertz CT molecular complexity index is 542. The van der Waals surface area contributed by atoms with Crippen molar-refractivity contribution in [3.05, 3.63) is 28.8 Å². The zero-order valence-corrected chi connectivity index (χ0v) is 20.0. The summed E-state index contributed by atoms with van der Waals surface area (Å²) in [4.78, 5) is 0. The number of nitrogens with two attached hydrogens (primary N) is 1. The number of anilines is 1. The highest BCUT2D eigenvalue weighted by Crippen LogP contribution is 2.16. The number of benzene rings is 1. The summed E-state index contributed by atoms with van der Waals surface area (Å²) in [5.41, 5.74) is 7.49. The quantitative estimate of drug-likeness (QED) is 0.152. The Morgan fingerprint density at radius 1 is 0.656 bits per heavy atom. The predicted molar refractivity (Wildman–Crippen MR) is 122 cm³/mol. The minimum absolute atomic E-state index is 0.344. The molecule has 0 fully saturated rings. The number of methoxy groups -OCH3 is 2. The molecule has 32 heavy (non-hydrogen) atoms. The Morgan fingerprint density at radius 2 is 1.09 bits per heavy atom. The lowest BCUT2D eigenvalue weighted by Crippen LogP contribution is -2.21. The summed E-state index contributed by atoms with van der Waals surface area (Å²) < 4.78 is 42.7. The van der Waals surface area contributed by atoms with Crippen molar-refractivity contribution >= 4 is 17.3 Å². The summed E-state index contributed by atoms with van der Waals surface area (Å²) in [6.07, 6.45) is 0.415. The Labute approximate surface area is 196 Å². The summed E-state index contributed by atoms with van der Waals surface area (Å²) in [7, 11) is 3.14. The third-order valence-electron chi connectivity index (χ3n) is 4.15. The molecule has 0 spiro atoms. The van der Waals surface area contributed by atoms with Crippen LogP contribution in [0.4, 0.5) is 5.69 Å². The van der Waals surface area contributed by atoms with Gasteiger partial charge in [-0.15, -0.1) is 0 Å². The third-order valence-corrected chi connectivity index (χ3v) is 4.37. The fourth-order valence-electron chi connectivity index (χ4n) is 2.52. The highest BCUT2D eigenvalue weighted by atomic mass is 35.5. The Hall–Kier alpha value is -1.01. The van der Waals surface area contributed by atoms with Crippen LogP contribution in [0.25, 0.3) is 0 Å². The van der Waals surface area contributed by atoms with Gasteiger partial charge in [0.15, 0.2) is 6.29 Å². The van der Waals surface area contributed by atoms with Crippen LogP contribution in [0.2, 0.25) is 5.02 Å². The second kappa shape index (κ2) is 20.6. The molecule has 2 N–H and O–H groups in total. The molecule has 0 atom stereocenters. The number of nitrogen functional groups attached to an aromatic ring is 1. The normalized spacial score (nSPS) is 11.5. The smallest absolute Gasteiger partial charge is 0.180 e. The van der Waals surface area contributed by atoms with Crippen LogP contribution < -0.4 is 5.73 Å². The molecular weight excluding hydrogens is 442 g/mol. The number of hydrogen-bond donors (Lipinski definition) is 1. The fraction of sp³-hybridized carbons (Fsp3) is 0.727. The Kier molecular flexibility index (Phi) is 18.7. The van der Waals surface area contributed by atoms with Crippen LogP contribution in [0.3, 0.4) is 0 Å². The minimum atomic E-state index is -0.344. The van der Waals surface area contributed by atoms with E-state index in [1.54, 1.807) is 20.3 Å². The van der Waals surface area contributed by atoms with Gasteiger partial charge in [0.05, 0.1) is 79.3 Å². The molecule has 0 aliphatic heterocycles. The first-order chi connectivity index (χ1) is 15.7. The zero-order chi connectivity index (χ0) is 23.3. The molecule has 0 unspecified atom stereocenters. The van der Waals surface area contributed by atoms with Crippen molar-refractivity contribution in [2.45, 2.75) is 12.7 Å². The van der Waals surface area contributed by atoms with E-state index in [4.69, 9.17) is 55.2 Å². The fourth-order valence-corrected chi connectivity index (χ4v) is 2.79. The summed E-state index contributed by atoms with van der Waals surface area (Å²) >= 11 is 5.98. The number of halogens is 1. The van der Waals surface area contributed by atoms with Gasteiger partial charge in [-0.1, -0.05) is 11.6 Å². The van der Waals surface area contributed by atoms with Gasteiger partial charge in [-0.3, -0.25) is 0 Å². The molecule has 9 nitrogen and oxygen atoms in total. The van der Waals surface area contributed by atoms with E-state index < -0.39 is 0 Å². The molecule has 0 radical (unpaired) electrons. The molecule has 186 valence electrons. The average Bonchev–Trinajstić information content (AvgIpc) is 2.77. The Balaban J connectivity index is 1.75. The van der Waals surface area contributed by atoms with Gasteiger partial charge in [0.25, 0.3) is 0 Å². The van der Waals surface area contributed by atoms with Gasteiger partial charge in [-0.05, 0) is 30.2 Å². The predicted octanol–water partition coefficient (Wildman–Crippen LogP) is 2.18. The third kappa shape index (κ3) is 16.6. The summed E-state index contributed by atoms with van der Waals surface area (Å²) in [6.45, 7) is 6.09. The minimum Gasteiger partial charge on any atom is -0.399 e. The van der Waals surface area contributed by atoms with E-state index in [1.165, 1.54) is 0 Å². The van der Waals surface area contributed by atoms with Crippen LogP contribution in [-0.2, 0) is 44.3 Å². The molecule has 0 heterocycles. The molecule has 1 aromatic carbocycles. The van der Waals surface area contributed by atoms with Gasteiger partial charge in [-0.2, -0.15) is 0 Å². The van der Waals surface area contributed by atoms with Crippen LogP contribution in [0.5, 0.6) is 0 Å². The average molecular weight is 480 g/mol. The van der Waals surface area contributed by atoms with Crippen LogP contribution in [-0.4, -0.2) is 99.8 Å². The van der Waals surface area contributed by atoms with Crippen molar-refractivity contribution in [1.82, 2.24) is 0 Å². The number of rotatable bonds is 22. The van der Waals surface area contributed by atoms with Crippen molar-refractivity contribution in [3.8, 4) is 0 Å². The SMILES string of the molecule is COC(COCCOCCOCCOCCOCCOCCc1cc(N)cc(Cl)c1)OC. The highest BCUT2D eigenvalue weighted by molar-refractivity contribution is 6.30. The van der Waals surface area contributed by atoms with Crippen molar-refractivity contribution in [3.63, 3.8) is 0 Å². The lowest BCUT2D eigenvalue weighted by atomic mass is 10.1. The molecule has 0 amide bonds. The van der Waals surface area contributed by atoms with Crippen molar-refractivity contribution < 1.29 is 37.9 Å². The lowest BCUT2D eigenvalue weighted by Gasteiger charge is -2.13. The largest absolute Gasteiger partial charge is 0.399 e. The maximum atomic E-state index is 5.98. The van der Waals surface area contributed by atoms with Crippen LogP contribution in [0.1, 0.15) is 5.56 Å². The maximum Gasteiger partial charge on any atom is 0.180 e. The van der Waals surface area contributed by atoms with Crippen molar-refractivity contribution in [2.24, 2.45) is 0 Å². The molecule has 10 heteroatoms. The molecule has 1 aromatic rings. The van der Waals surface area contributed by atoms with Gasteiger partial charge in [0.1, 0.15) is 0 Å². The molecule has 0 bridgehead atoms. The summed E-state index contributed by atoms with van der Waals surface area (Å²) in [6, 6.07) is 5.52. The van der Waals surface area contributed by atoms with E-state index in [0.29, 0.717) is 90.0 Å². The van der Waals surface area contributed by atoms with Crippen LogP contribution >= 0.6 is 11.6 Å². The van der Waals surface area contributed by atoms with E-state index in [0.717, 1.165) is 12.0 Å². The van der Waals surface area contributed by atoms with E-state index in [1.807, 2.05) is 12.1 Å². The molecular formula is C22H38ClNO8. The van der Waals surface area contributed by atoms with E-state index in [2.05, 4.69) is 0 Å². The number of hydrogen-bond acceptors (Lipinski definition) is 9. The first kappa shape index (κ1) is 29.0. The lowest BCUT2D eigenvalue weighted by molar-refractivity contribution is -0.143. The molecule has 0 saturated heterocycles. The van der Waals surface area contributed by atoms with Gasteiger partial charge in [0.2, 0.25) is 0 Å². The molecule has 0 saturated carbocycles. The number of ether oxygens (including phenoxy) is 8. The van der Waals surface area contributed by atoms with E-state index >= 15 is 0 Å². The van der Waals surface area contributed by atoms with Gasteiger partial charge >= 0.3 is 0 Å². The van der Waals surface area contributed by atoms with Crippen molar-refractivity contribution in [2.75, 3.05) is 99.2 Å². The summed E-state index contributed by atoms with van der Waals surface area (Å²) in [5, 5.41) is 0.642. The molecule has 0 aromatic heterocycles. The Morgan fingerprint density at radius 3 is 1.53 bits per heavy atom. The first-order valence-electron chi connectivity index (χ1n) is 10.7. The molecule has 0 aliphatic rings. The van der Waals surface area contributed by atoms with E-state index in [-0.39, 0.29) is 6.29 Å². The molecule has 1 rings (SSSR count). The van der Waals surface area contributed by atoms with Crippen molar-refractivity contribution in [1.29, 1.82) is 0 Å². The van der Waals surface area contributed by atoms with E-state index in [9.17, 15) is 0 Å². The van der Waals surface area contributed by atoms with Crippen LogP contribution in [0.15, 0.2) is 18.2 Å². The first-order valence-corrected chi connectivity index (χ1v) is 11.1. The van der Waals surface area contributed by atoms with Gasteiger partial charge in [-0.25, -0.2) is 0 Å². The summed E-state index contributed by atoms with van der Waals surface area (Å²) in [5.74, 6) is 0. The topological polar surface area (TPSA) is 99.9 Å². The van der Waals surface area contributed by atoms with Crippen LogP contribution in [0, 0.1) is 0 Å². The highest BCUT2D eigenvalue weighted by Gasteiger charge is 2.03. The monoisotopic (exact) mass is 479 g/mol. The standard InChI is InChI=1S/C22H38ClNO8/c1-25-22(26-2)18-32-14-13-31-12-11-30-10-9-29-8-7-28-6-5-27-4-3-19-15-20(23)17-21(24)16-19/h15-17,22H,3-14,18,24H2,1-2H3. The zero-order valence-electron chi connectivity index (χ0n) is 19.2. The second-order valence-corrected chi connectivity index (χ2v) is 7.12. The van der Waals surface area contributed by atoms with Gasteiger partial charge in [0, 0.05) is 24.9 Å². The second-order valence-electron chi connectivity index (χ2n) is 6.68.